The number of nitrogens with zero attached hydrogens (tertiary/aromatic N) is 1. The van der Waals surface area contributed by atoms with Gasteiger partial charge in [0.1, 0.15) is 5.75 Å². The number of aromatic nitrogens is 1. The number of hydrogen-bond donors (Lipinski definition) is 0. The van der Waals surface area contributed by atoms with E-state index in [9.17, 15) is 0 Å². The van der Waals surface area contributed by atoms with Gasteiger partial charge in [-0.05, 0) is 65.1 Å². The number of benzene rings is 2. The van der Waals surface area contributed by atoms with Crippen LogP contribution < -0.4 is 4.74 Å². The zero-order valence-electron chi connectivity index (χ0n) is 9.81. The van der Waals surface area contributed by atoms with Crippen LogP contribution in [-0.4, -0.2) is 4.98 Å². The molecule has 3 rings (SSSR count). The quantitative estimate of drug-likeness (QED) is 0.513. The summed E-state index contributed by atoms with van der Waals surface area (Å²) in [6, 6.07) is 15.9. The highest BCUT2D eigenvalue weighted by molar-refractivity contribution is 14.1. The molecule has 1 heterocycles. The lowest BCUT2D eigenvalue weighted by molar-refractivity contribution is 0.469. The molecule has 19 heavy (non-hydrogen) atoms. The summed E-state index contributed by atoms with van der Waals surface area (Å²) in [5.74, 6) is 1.42. The van der Waals surface area contributed by atoms with E-state index in [1.165, 1.54) is 3.57 Å². The van der Waals surface area contributed by atoms with Crippen LogP contribution in [0.4, 0.5) is 0 Å². The van der Waals surface area contributed by atoms with E-state index in [-0.39, 0.29) is 0 Å². The molecule has 0 radical (unpaired) electrons. The first kappa shape index (κ1) is 12.9. The monoisotopic (exact) mass is 425 g/mol. The molecule has 0 aliphatic rings. The Balaban J connectivity index is 2.06. The Labute approximate surface area is 133 Å². The predicted molar refractivity (Wildman–Crippen MR) is 88.7 cm³/mol. The largest absolute Gasteiger partial charge is 0.438 e. The molecule has 0 aliphatic heterocycles. The van der Waals surface area contributed by atoms with Gasteiger partial charge in [0.15, 0.2) is 0 Å². The number of hydrogen-bond acceptors (Lipinski definition) is 2. The molecule has 1 aromatic heterocycles. The van der Waals surface area contributed by atoms with Gasteiger partial charge in [0.25, 0.3) is 0 Å². The van der Waals surface area contributed by atoms with Crippen molar-refractivity contribution >= 4 is 49.3 Å². The van der Waals surface area contributed by atoms with Gasteiger partial charge in [0, 0.05) is 25.0 Å². The summed E-state index contributed by atoms with van der Waals surface area (Å²) in [4.78, 5) is 4.32. The lowest BCUT2D eigenvalue weighted by atomic mass is 10.2. The fourth-order valence-electron chi connectivity index (χ4n) is 1.84. The summed E-state index contributed by atoms with van der Waals surface area (Å²) in [5.41, 5.74) is 0. The molecule has 2 aromatic carbocycles. The molecule has 0 N–H and O–H groups in total. The van der Waals surface area contributed by atoms with Crippen molar-refractivity contribution < 1.29 is 4.74 Å². The SMILES string of the molecule is Brc1cccc2c(Oc3ccc(I)cc3)nccc12. The molecule has 0 unspecified atom stereocenters. The number of ether oxygens (including phenoxy) is 1. The van der Waals surface area contributed by atoms with E-state index in [0.717, 1.165) is 21.0 Å². The first-order valence-electron chi connectivity index (χ1n) is 5.71. The number of rotatable bonds is 2. The Morgan fingerprint density at radius 2 is 1.74 bits per heavy atom. The summed E-state index contributed by atoms with van der Waals surface area (Å²) in [6.07, 6.45) is 1.76. The summed E-state index contributed by atoms with van der Waals surface area (Å²) < 4.78 is 8.09. The van der Waals surface area contributed by atoms with E-state index in [0.29, 0.717) is 5.88 Å². The van der Waals surface area contributed by atoms with Crippen LogP contribution >= 0.6 is 38.5 Å². The van der Waals surface area contributed by atoms with Gasteiger partial charge in [-0.2, -0.15) is 0 Å². The highest BCUT2D eigenvalue weighted by Gasteiger charge is 2.06. The molecule has 94 valence electrons. The second-order valence-corrected chi connectivity index (χ2v) is 6.11. The van der Waals surface area contributed by atoms with Crippen molar-refractivity contribution in [2.75, 3.05) is 0 Å². The van der Waals surface area contributed by atoms with Gasteiger partial charge in [-0.15, -0.1) is 0 Å². The molecule has 0 fully saturated rings. The highest BCUT2D eigenvalue weighted by Crippen LogP contribution is 2.31. The van der Waals surface area contributed by atoms with Crippen LogP contribution in [0.15, 0.2) is 59.2 Å². The zero-order chi connectivity index (χ0) is 13.2. The van der Waals surface area contributed by atoms with Gasteiger partial charge in [-0.3, -0.25) is 0 Å². The average Bonchev–Trinajstić information content (AvgIpc) is 2.43. The van der Waals surface area contributed by atoms with Crippen LogP contribution in [0.1, 0.15) is 0 Å². The van der Waals surface area contributed by atoms with E-state index in [1.54, 1.807) is 6.20 Å². The maximum atomic E-state index is 5.87. The molecule has 0 bridgehead atoms. The van der Waals surface area contributed by atoms with Crippen LogP contribution in [0, 0.1) is 3.57 Å². The Morgan fingerprint density at radius 3 is 2.53 bits per heavy atom. The zero-order valence-corrected chi connectivity index (χ0v) is 13.6. The fourth-order valence-corrected chi connectivity index (χ4v) is 2.70. The van der Waals surface area contributed by atoms with E-state index >= 15 is 0 Å². The van der Waals surface area contributed by atoms with E-state index in [1.807, 2.05) is 48.5 Å². The third-order valence-corrected chi connectivity index (χ3v) is 4.16. The Morgan fingerprint density at radius 1 is 0.947 bits per heavy atom. The average molecular weight is 426 g/mol. The second-order valence-electron chi connectivity index (χ2n) is 4.01. The minimum absolute atomic E-state index is 0.625. The molecule has 2 nitrogen and oxygen atoms in total. The van der Waals surface area contributed by atoms with Crippen molar-refractivity contribution in [2.24, 2.45) is 0 Å². The Bertz CT molecular complexity index is 728. The van der Waals surface area contributed by atoms with Gasteiger partial charge in [-0.25, -0.2) is 4.98 Å². The van der Waals surface area contributed by atoms with Crippen LogP contribution in [0.5, 0.6) is 11.6 Å². The van der Waals surface area contributed by atoms with Crippen molar-refractivity contribution in [3.63, 3.8) is 0 Å². The lowest BCUT2D eigenvalue weighted by Gasteiger charge is -2.08. The van der Waals surface area contributed by atoms with E-state index < -0.39 is 0 Å². The third-order valence-electron chi connectivity index (χ3n) is 2.74. The maximum absolute atomic E-state index is 5.87. The molecule has 0 saturated carbocycles. The minimum atomic E-state index is 0.625. The standard InChI is InChI=1S/C15H9BrINO/c16-14-3-1-2-13-12(14)8-9-18-15(13)19-11-6-4-10(17)5-7-11/h1-9H. The number of fused-ring (bicyclic) bond motifs is 1. The van der Waals surface area contributed by atoms with Crippen molar-refractivity contribution in [1.29, 1.82) is 0 Å². The number of halogens is 2. The second kappa shape index (κ2) is 5.46. The van der Waals surface area contributed by atoms with Crippen molar-refractivity contribution in [3.8, 4) is 11.6 Å². The maximum Gasteiger partial charge on any atom is 0.227 e. The molecule has 3 aromatic rings. The number of pyridine rings is 1. The summed E-state index contributed by atoms with van der Waals surface area (Å²) in [7, 11) is 0. The summed E-state index contributed by atoms with van der Waals surface area (Å²) in [6.45, 7) is 0. The minimum Gasteiger partial charge on any atom is -0.438 e. The van der Waals surface area contributed by atoms with Gasteiger partial charge >= 0.3 is 0 Å². The first-order chi connectivity index (χ1) is 9.24. The molecular formula is C15H9BrINO. The van der Waals surface area contributed by atoms with E-state index in [2.05, 4.69) is 43.5 Å². The van der Waals surface area contributed by atoms with Gasteiger partial charge < -0.3 is 4.74 Å². The molecule has 0 spiro atoms. The topological polar surface area (TPSA) is 22.1 Å². The van der Waals surface area contributed by atoms with Crippen LogP contribution in [0.25, 0.3) is 10.8 Å². The van der Waals surface area contributed by atoms with Crippen LogP contribution in [-0.2, 0) is 0 Å². The van der Waals surface area contributed by atoms with Gasteiger partial charge in [-0.1, -0.05) is 22.0 Å². The lowest BCUT2D eigenvalue weighted by Crippen LogP contribution is -1.89. The van der Waals surface area contributed by atoms with Crippen molar-refractivity contribution in [3.05, 3.63) is 62.8 Å². The molecule has 0 aliphatic carbocycles. The van der Waals surface area contributed by atoms with Crippen LogP contribution in [0.3, 0.4) is 0 Å². The van der Waals surface area contributed by atoms with E-state index in [4.69, 9.17) is 4.74 Å². The fraction of sp³-hybridized carbons (Fsp3) is 0. The van der Waals surface area contributed by atoms with Crippen LogP contribution in [0.2, 0.25) is 0 Å². The van der Waals surface area contributed by atoms with Gasteiger partial charge in [0.2, 0.25) is 5.88 Å². The smallest absolute Gasteiger partial charge is 0.227 e. The normalized spacial score (nSPS) is 10.6. The summed E-state index contributed by atoms with van der Waals surface area (Å²) >= 11 is 5.81. The molecular weight excluding hydrogens is 417 g/mol. The predicted octanol–water partition coefficient (Wildman–Crippen LogP) is 5.39. The molecule has 0 atom stereocenters. The highest BCUT2D eigenvalue weighted by atomic mass is 127. The molecule has 4 heteroatoms. The van der Waals surface area contributed by atoms with Crippen molar-refractivity contribution in [2.45, 2.75) is 0 Å². The third kappa shape index (κ3) is 2.74. The molecule has 0 saturated heterocycles. The Hall–Kier alpha value is -1.14. The first-order valence-corrected chi connectivity index (χ1v) is 7.58. The molecule has 0 amide bonds. The van der Waals surface area contributed by atoms with Crippen molar-refractivity contribution in [1.82, 2.24) is 4.98 Å². The Kier molecular flexibility index (Phi) is 3.70. The van der Waals surface area contributed by atoms with Gasteiger partial charge in [0.05, 0.1) is 0 Å². The summed E-state index contributed by atoms with van der Waals surface area (Å²) in [5, 5.41) is 2.09.